The summed E-state index contributed by atoms with van der Waals surface area (Å²) in [6.07, 6.45) is -8.51. The van der Waals surface area contributed by atoms with Gasteiger partial charge in [-0.2, -0.15) is 5.48 Å². The Hall–Kier alpha value is -2.90. The lowest BCUT2D eigenvalue weighted by Gasteiger charge is -2.46. The molecule has 1 aromatic carbocycles. The number of thioether (sulfide) groups is 1. The summed E-state index contributed by atoms with van der Waals surface area (Å²) in [5.74, 6) is 11.6. The first kappa shape index (κ1) is 71.2. The van der Waals surface area contributed by atoms with Gasteiger partial charge in [0, 0.05) is 51.2 Å². The molecule has 0 unspecified atom stereocenters. The molecule has 4 fully saturated rings. The summed E-state index contributed by atoms with van der Waals surface area (Å²) in [5.41, 5.74) is 1.84. The van der Waals surface area contributed by atoms with Gasteiger partial charge in [0.2, 0.25) is 17.2 Å². The molecule has 0 bridgehead atoms. The third-order valence-electron chi connectivity index (χ3n) is 14.7. The highest BCUT2D eigenvalue weighted by atomic mass is 127. The summed E-state index contributed by atoms with van der Waals surface area (Å²) >= 11 is 2.90. The molecule has 5 aliphatic rings. The monoisotopic (exact) mass is 1380 g/mol. The second-order valence-corrected chi connectivity index (χ2v) is 27.1. The van der Waals surface area contributed by atoms with Crippen molar-refractivity contribution in [2.75, 3.05) is 60.7 Å². The molecule has 474 valence electrons. The Morgan fingerprint density at radius 2 is 1.64 bits per heavy atom. The van der Waals surface area contributed by atoms with Crippen LogP contribution in [0.25, 0.3) is 0 Å². The Bertz CT molecular complexity index is 2670. The number of carbonyl (C=O) groups excluding carboxylic acids is 3. The average molecular weight is 1380 g/mol. The van der Waals surface area contributed by atoms with Crippen LogP contribution in [0.5, 0.6) is 17.2 Å². The number of hydrogen-bond donors (Lipinski definition) is 7. The highest BCUT2D eigenvalue weighted by Crippen LogP contribution is 2.49. The van der Waals surface area contributed by atoms with Crippen LogP contribution in [0.1, 0.15) is 83.1 Å². The van der Waals surface area contributed by atoms with Crippen molar-refractivity contribution in [1.82, 2.24) is 16.1 Å². The van der Waals surface area contributed by atoms with Crippen LogP contribution in [0.4, 0.5) is 4.79 Å². The van der Waals surface area contributed by atoms with Crippen molar-refractivity contribution in [1.29, 1.82) is 0 Å². The number of amides is 1. The third-order valence-corrected chi connectivity index (χ3v) is 21.1. The number of halogens is 1. The van der Waals surface area contributed by atoms with Crippen molar-refractivity contribution in [2.45, 2.75) is 183 Å². The molecule has 0 radical (unpaired) electrons. The number of allylic oxidation sites excluding steroid dienone is 3. The number of hydroxylamine groups is 1. The molecule has 1 aliphatic carbocycles. The molecule has 23 nitrogen and oxygen atoms in total. The molecule has 0 spiro atoms. The molecular formula is C57H80IN3O20S4. The number of ether oxygens (including phenoxy) is 12. The molecule has 1 aromatic rings. The minimum Gasteiger partial charge on any atom is -0.492 e. The van der Waals surface area contributed by atoms with Gasteiger partial charge in [-0.1, -0.05) is 64.1 Å². The van der Waals surface area contributed by atoms with Crippen LogP contribution >= 0.6 is 65.8 Å². The van der Waals surface area contributed by atoms with E-state index in [1.807, 2.05) is 42.7 Å². The summed E-state index contributed by atoms with van der Waals surface area (Å²) in [6.45, 7) is 12.9. The lowest BCUT2D eigenvalue weighted by molar-refractivity contribution is -0.336. The van der Waals surface area contributed by atoms with Crippen LogP contribution in [0, 0.1) is 34.2 Å². The molecule has 6 rings (SSSR count). The second kappa shape index (κ2) is 33.8. The molecule has 4 heterocycles. The predicted octanol–water partition coefficient (Wildman–Crippen LogP) is 5.25. The number of aliphatic hydroxyl groups is 4. The van der Waals surface area contributed by atoms with Crippen molar-refractivity contribution in [2.24, 2.45) is 0 Å². The Kier molecular flexibility index (Phi) is 28.3. The van der Waals surface area contributed by atoms with Crippen molar-refractivity contribution in [3.8, 4) is 40.9 Å². The fourth-order valence-electron chi connectivity index (χ4n) is 10.5. The van der Waals surface area contributed by atoms with Crippen LogP contribution < -0.4 is 30.3 Å². The SMILES string of the molecule is CC#C/C=C\C#C[C@H](O[C@@H]1O[C@H](C)[C@@H](NO[C@H]2C[C@H](O)[C@H](SC(=O)c3c(C)c(I)c(O[C@@H]4O[C@@H](C)C[C@@H](OC)[C@H]4O)c(OC)c3OC)[C@@H](C)O2)[C@H](O)[C@H]1O[C@H]1C[C@H](OC)[C@@H](NCC)CO1)C1=C(NC(=O)OC)C(=O)C[C@](C)(O)/C1=C/CSSSC. The molecule has 0 aromatic heterocycles. The van der Waals surface area contributed by atoms with E-state index in [-0.39, 0.29) is 77.4 Å². The predicted molar refractivity (Wildman–Crippen MR) is 330 cm³/mol. The molecular weight excluding hydrogens is 1300 g/mol. The number of carbonyl (C=O) groups is 3. The normalized spacial score (nSPS) is 33.3. The molecule has 28 heteroatoms. The Morgan fingerprint density at radius 1 is 0.918 bits per heavy atom. The number of nitrogens with one attached hydrogen (secondary N) is 3. The first-order valence-corrected chi connectivity index (χ1v) is 33.5. The van der Waals surface area contributed by atoms with E-state index in [4.69, 9.17) is 61.7 Å². The van der Waals surface area contributed by atoms with Crippen molar-refractivity contribution < 1.29 is 96.5 Å². The molecule has 85 heavy (non-hydrogen) atoms. The van der Waals surface area contributed by atoms with E-state index in [0.29, 0.717) is 27.9 Å². The highest BCUT2D eigenvalue weighted by molar-refractivity contribution is 14.1. The van der Waals surface area contributed by atoms with Crippen LogP contribution in [0.15, 0.2) is 35.1 Å². The zero-order valence-electron chi connectivity index (χ0n) is 49.8. The van der Waals surface area contributed by atoms with E-state index in [1.54, 1.807) is 40.9 Å². The van der Waals surface area contributed by atoms with E-state index in [9.17, 15) is 34.8 Å². The van der Waals surface area contributed by atoms with Gasteiger partial charge in [-0.05, 0) is 110 Å². The van der Waals surface area contributed by atoms with Gasteiger partial charge >= 0.3 is 6.09 Å². The maximum absolute atomic E-state index is 14.4. The van der Waals surface area contributed by atoms with Gasteiger partial charge in [-0.25, -0.2) is 4.79 Å². The fourth-order valence-corrected chi connectivity index (χ4v) is 14.7. The first-order chi connectivity index (χ1) is 40.6. The minimum absolute atomic E-state index is 0.0216. The van der Waals surface area contributed by atoms with Gasteiger partial charge in [0.15, 0.2) is 36.2 Å². The van der Waals surface area contributed by atoms with Crippen LogP contribution in [-0.4, -0.2) is 207 Å². The molecule has 0 saturated carbocycles. The summed E-state index contributed by atoms with van der Waals surface area (Å²) in [4.78, 5) is 47.6. The van der Waals surface area contributed by atoms with Gasteiger partial charge < -0.3 is 82.6 Å². The zero-order valence-corrected chi connectivity index (χ0v) is 55.3. The van der Waals surface area contributed by atoms with E-state index in [2.05, 4.69) is 39.8 Å². The van der Waals surface area contributed by atoms with Crippen LogP contribution in [-0.2, 0) is 52.3 Å². The van der Waals surface area contributed by atoms with Crippen LogP contribution in [0.3, 0.4) is 0 Å². The van der Waals surface area contributed by atoms with Gasteiger partial charge in [0.1, 0.15) is 24.4 Å². The lowest BCUT2D eigenvalue weighted by Crippen LogP contribution is -2.65. The second-order valence-electron chi connectivity index (χ2n) is 20.5. The van der Waals surface area contributed by atoms with Gasteiger partial charge in [-0.3, -0.25) is 19.7 Å². The highest BCUT2D eigenvalue weighted by Gasteiger charge is 2.51. The Morgan fingerprint density at radius 3 is 2.28 bits per heavy atom. The largest absolute Gasteiger partial charge is 0.492 e. The number of alkyl carbamates (subject to hydrolysis) is 1. The topological polar surface area (TPSA) is 288 Å². The maximum Gasteiger partial charge on any atom is 0.411 e. The van der Waals surface area contributed by atoms with Crippen LogP contribution in [0.2, 0.25) is 0 Å². The summed E-state index contributed by atoms with van der Waals surface area (Å²) < 4.78 is 73.2. The number of methoxy groups -OCH3 is 5. The Labute approximate surface area is 526 Å². The number of ketones is 1. The molecule has 18 atom stereocenters. The summed E-state index contributed by atoms with van der Waals surface area (Å²) in [6, 6.07) is -1.26. The maximum atomic E-state index is 14.4. The summed E-state index contributed by atoms with van der Waals surface area (Å²) in [7, 11) is 11.5. The number of hydrogen-bond acceptors (Lipinski definition) is 26. The smallest absolute Gasteiger partial charge is 0.411 e. The Balaban J connectivity index is 1.27. The number of aliphatic hydroxyl groups excluding tert-OH is 3. The van der Waals surface area contributed by atoms with Crippen molar-refractivity contribution in [3.05, 3.63) is 49.8 Å². The van der Waals surface area contributed by atoms with Gasteiger partial charge in [0.05, 0.1) is 102 Å². The summed E-state index contributed by atoms with van der Waals surface area (Å²) in [5, 5.41) is 52.1. The van der Waals surface area contributed by atoms with Gasteiger partial charge in [0.25, 0.3) is 0 Å². The fraction of sp³-hybridized carbons (Fsp3) is 0.667. The molecule has 4 saturated heterocycles. The standard InChI is InChI=1S/C57H80IN3O20S4/c1-14-16-17-18-19-20-36(42-32(21-22-83-85-82-13)57(7,68)26-35(63)45(42)60-56(67)73-12)78-55-50(79-39-25-37(69-8)33(27-74-39)59-15-2)47(65)44(30(5)77-55)61-81-40-24-34(62)52(31(6)76-40)84-53(66)41-29(4)43(58)49(51(72-11)48(41)71-10)80-54-46(64)38(70-9)23-28(3)75-54/h17-18,21,28,30-31,33-34,36-40,44,46-47,50,52,54-55,59,61-62,64-65,68H,15,22-27H2,1-13H3,(H,60,67)/b18-17-,32-21+/t28-,30+,31+,33-,34-,36-,37-,38+,39-,40-,44+,46+,47-,50+,52+,54-,55-,57-/m0/s1. The zero-order chi connectivity index (χ0) is 62.3. The van der Waals surface area contributed by atoms with Gasteiger partial charge in [-0.15, -0.1) is 5.92 Å². The molecule has 7 N–H and O–H groups in total. The number of rotatable bonds is 23. The van der Waals surface area contributed by atoms with E-state index < -0.39 is 114 Å². The number of likely N-dealkylation sites (N-methyl/N-ethyl adjacent to an activating group) is 1. The first-order valence-electron chi connectivity index (χ1n) is 27.5. The van der Waals surface area contributed by atoms with Crippen molar-refractivity contribution >= 4 is 82.8 Å². The number of benzene rings is 1. The third kappa shape index (κ3) is 18.0. The average Bonchev–Trinajstić information content (AvgIpc) is 2.67. The van der Waals surface area contributed by atoms with E-state index >= 15 is 0 Å². The quantitative estimate of drug-likeness (QED) is 0.0242. The van der Waals surface area contributed by atoms with E-state index in [1.165, 1.54) is 71.8 Å². The molecule has 1 amide bonds. The number of Topliss-reactive ketones (excluding diaryl/α,β-unsaturated/α-hetero) is 1. The van der Waals surface area contributed by atoms with Crippen molar-refractivity contribution in [3.63, 3.8) is 0 Å². The van der Waals surface area contributed by atoms with E-state index in [0.717, 1.165) is 18.9 Å². The minimum atomic E-state index is -1.77. The lowest BCUT2D eigenvalue weighted by atomic mass is 9.76. The molecule has 4 aliphatic heterocycles.